The molecule has 0 aromatic heterocycles. The number of ether oxygens (including phenoxy) is 1. The highest BCUT2D eigenvalue weighted by atomic mass is 127. The van der Waals surface area contributed by atoms with E-state index in [0.29, 0.717) is 15.8 Å². The van der Waals surface area contributed by atoms with Crippen molar-refractivity contribution >= 4 is 107 Å². The molecule has 3 nitrogen and oxygen atoms in total. The molecule has 156 valence electrons. The fourth-order valence-electron chi connectivity index (χ4n) is 2.99. The van der Waals surface area contributed by atoms with Crippen molar-refractivity contribution in [2.75, 3.05) is 4.90 Å². The summed E-state index contributed by atoms with van der Waals surface area (Å²) in [5, 5.41) is 0. The van der Waals surface area contributed by atoms with Gasteiger partial charge >= 0.3 is 0 Å². The summed E-state index contributed by atoms with van der Waals surface area (Å²) in [5.74, 6) is 0.638. The van der Waals surface area contributed by atoms with E-state index in [4.69, 9.17) is 17.0 Å². The highest BCUT2D eigenvalue weighted by Gasteiger charge is 2.33. The van der Waals surface area contributed by atoms with E-state index in [9.17, 15) is 4.79 Å². The van der Waals surface area contributed by atoms with Gasteiger partial charge in [-0.25, -0.2) is 0 Å². The SMILES string of the molecule is O=C1/C(=C\c2cc(I)cc(I)c2OCc2ccccc2)SC(=S)N1c1ccc(Br)cc1. The van der Waals surface area contributed by atoms with Crippen molar-refractivity contribution in [2.45, 2.75) is 6.61 Å². The van der Waals surface area contributed by atoms with Gasteiger partial charge < -0.3 is 4.74 Å². The Morgan fingerprint density at radius 2 is 1.77 bits per heavy atom. The molecule has 31 heavy (non-hydrogen) atoms. The van der Waals surface area contributed by atoms with E-state index in [1.165, 1.54) is 11.8 Å². The minimum Gasteiger partial charge on any atom is -0.487 e. The van der Waals surface area contributed by atoms with Crippen LogP contribution >= 0.6 is 85.1 Å². The number of anilines is 1. The van der Waals surface area contributed by atoms with Crippen molar-refractivity contribution in [3.05, 3.63) is 94.4 Å². The van der Waals surface area contributed by atoms with Gasteiger partial charge in [-0.15, -0.1) is 0 Å². The maximum Gasteiger partial charge on any atom is 0.270 e. The lowest BCUT2D eigenvalue weighted by molar-refractivity contribution is -0.113. The van der Waals surface area contributed by atoms with Crippen LogP contribution in [-0.4, -0.2) is 10.2 Å². The number of carbonyl (C=O) groups excluding carboxylic acids is 1. The Morgan fingerprint density at radius 3 is 2.48 bits per heavy atom. The maximum absolute atomic E-state index is 13.2. The molecule has 0 bridgehead atoms. The molecule has 4 rings (SSSR count). The first-order chi connectivity index (χ1) is 14.9. The Hall–Kier alpha value is -0.950. The van der Waals surface area contributed by atoms with Crippen molar-refractivity contribution in [2.24, 2.45) is 0 Å². The van der Waals surface area contributed by atoms with E-state index in [-0.39, 0.29) is 5.91 Å². The first-order valence-electron chi connectivity index (χ1n) is 9.11. The Kier molecular flexibility index (Phi) is 7.73. The van der Waals surface area contributed by atoms with Gasteiger partial charge in [0.15, 0.2) is 4.32 Å². The Morgan fingerprint density at radius 1 is 1.06 bits per heavy atom. The van der Waals surface area contributed by atoms with Gasteiger partial charge in [-0.2, -0.15) is 0 Å². The van der Waals surface area contributed by atoms with Gasteiger partial charge in [0.25, 0.3) is 5.91 Å². The van der Waals surface area contributed by atoms with Crippen molar-refractivity contribution in [3.63, 3.8) is 0 Å². The molecular weight excluding hydrogens is 720 g/mol. The third kappa shape index (κ3) is 5.52. The summed E-state index contributed by atoms with van der Waals surface area (Å²) >= 11 is 14.8. The molecular formula is C23H14BrI2NO2S2. The van der Waals surface area contributed by atoms with Crippen LogP contribution in [-0.2, 0) is 11.4 Å². The molecule has 0 atom stereocenters. The van der Waals surface area contributed by atoms with E-state index in [1.807, 2.05) is 66.7 Å². The molecule has 1 fully saturated rings. The van der Waals surface area contributed by atoms with Gasteiger partial charge in [0.05, 0.1) is 14.2 Å². The quantitative estimate of drug-likeness (QED) is 0.153. The zero-order chi connectivity index (χ0) is 22.0. The molecule has 3 aromatic carbocycles. The van der Waals surface area contributed by atoms with Gasteiger partial charge in [0.2, 0.25) is 0 Å². The molecule has 1 saturated heterocycles. The predicted octanol–water partition coefficient (Wildman–Crippen LogP) is 7.64. The molecule has 1 aliphatic rings. The Balaban J connectivity index is 1.65. The zero-order valence-electron chi connectivity index (χ0n) is 15.8. The van der Waals surface area contributed by atoms with E-state index in [2.05, 4.69) is 67.2 Å². The lowest BCUT2D eigenvalue weighted by atomic mass is 10.1. The predicted molar refractivity (Wildman–Crippen MR) is 152 cm³/mol. The zero-order valence-corrected chi connectivity index (χ0v) is 23.4. The number of benzene rings is 3. The molecule has 0 aliphatic carbocycles. The molecule has 0 unspecified atom stereocenters. The third-order valence-electron chi connectivity index (χ3n) is 4.43. The maximum atomic E-state index is 13.2. The number of carbonyl (C=O) groups is 1. The summed E-state index contributed by atoms with van der Waals surface area (Å²) in [7, 11) is 0. The van der Waals surface area contributed by atoms with Gasteiger partial charge in [0.1, 0.15) is 12.4 Å². The van der Waals surface area contributed by atoms with Crippen LogP contribution in [0.1, 0.15) is 11.1 Å². The van der Waals surface area contributed by atoms with Crippen LogP contribution < -0.4 is 9.64 Å². The molecule has 8 heteroatoms. The van der Waals surface area contributed by atoms with E-state index in [0.717, 1.165) is 34.2 Å². The number of halogens is 3. The smallest absolute Gasteiger partial charge is 0.270 e. The molecule has 0 saturated carbocycles. The van der Waals surface area contributed by atoms with Crippen LogP contribution in [0.5, 0.6) is 5.75 Å². The number of rotatable bonds is 5. The number of nitrogens with zero attached hydrogens (tertiary/aromatic N) is 1. The van der Waals surface area contributed by atoms with Crippen LogP contribution in [0.4, 0.5) is 5.69 Å². The number of hydrogen-bond donors (Lipinski definition) is 0. The molecule has 0 N–H and O–H groups in total. The van der Waals surface area contributed by atoms with Crippen LogP contribution in [0.2, 0.25) is 0 Å². The van der Waals surface area contributed by atoms with Crippen LogP contribution in [0.3, 0.4) is 0 Å². The highest BCUT2D eigenvalue weighted by Crippen LogP contribution is 2.39. The van der Waals surface area contributed by atoms with Crippen molar-refractivity contribution in [1.29, 1.82) is 0 Å². The standard InChI is InChI=1S/C23H14BrI2NO2S2/c24-16-6-8-18(9-7-16)27-22(28)20(31-23(27)30)11-15-10-17(25)12-19(26)21(15)29-13-14-4-2-1-3-5-14/h1-12H,13H2/b20-11+. The number of amides is 1. The largest absolute Gasteiger partial charge is 0.487 e. The van der Waals surface area contributed by atoms with Gasteiger partial charge in [-0.3, -0.25) is 9.69 Å². The first kappa shape index (κ1) is 23.2. The summed E-state index contributed by atoms with van der Waals surface area (Å²) in [6.45, 7) is 0.456. The second-order valence-corrected chi connectivity index (χ2v) is 11.6. The molecule has 1 amide bonds. The number of thioether (sulfide) groups is 1. The Labute approximate surface area is 226 Å². The van der Waals surface area contributed by atoms with Gasteiger partial charge in [-0.1, -0.05) is 70.2 Å². The second kappa shape index (κ2) is 10.3. The number of thiocarbonyl (C=S) groups is 1. The van der Waals surface area contributed by atoms with Crippen LogP contribution in [0.25, 0.3) is 6.08 Å². The lowest BCUT2D eigenvalue weighted by Crippen LogP contribution is -2.27. The van der Waals surface area contributed by atoms with Crippen molar-refractivity contribution in [3.8, 4) is 5.75 Å². The average Bonchev–Trinajstić information content (AvgIpc) is 3.02. The molecule has 3 aromatic rings. The minimum absolute atomic E-state index is 0.125. The van der Waals surface area contributed by atoms with E-state index in [1.54, 1.807) is 4.90 Å². The molecule has 0 spiro atoms. The van der Waals surface area contributed by atoms with Crippen molar-refractivity contribution in [1.82, 2.24) is 0 Å². The fraction of sp³-hybridized carbons (Fsp3) is 0.0435. The summed E-state index contributed by atoms with van der Waals surface area (Å²) in [4.78, 5) is 15.3. The molecule has 1 heterocycles. The number of hydrogen-bond acceptors (Lipinski definition) is 4. The van der Waals surface area contributed by atoms with Gasteiger partial charge in [-0.05, 0) is 93.2 Å². The van der Waals surface area contributed by atoms with E-state index < -0.39 is 0 Å². The molecule has 1 aliphatic heterocycles. The average molecular weight is 734 g/mol. The summed E-state index contributed by atoms with van der Waals surface area (Å²) in [5.41, 5.74) is 2.71. The summed E-state index contributed by atoms with van der Waals surface area (Å²) in [6, 6.07) is 21.7. The monoisotopic (exact) mass is 733 g/mol. The lowest BCUT2D eigenvalue weighted by Gasteiger charge is -2.14. The first-order valence-corrected chi connectivity index (χ1v) is 13.3. The topological polar surface area (TPSA) is 29.5 Å². The van der Waals surface area contributed by atoms with Crippen LogP contribution in [0.15, 0.2) is 76.1 Å². The summed E-state index contributed by atoms with van der Waals surface area (Å²) in [6.07, 6.45) is 1.88. The van der Waals surface area contributed by atoms with Gasteiger partial charge in [0, 0.05) is 13.6 Å². The minimum atomic E-state index is -0.125. The van der Waals surface area contributed by atoms with Crippen molar-refractivity contribution < 1.29 is 9.53 Å². The normalized spacial score (nSPS) is 15.1. The Bertz CT molecular complexity index is 1180. The highest BCUT2D eigenvalue weighted by molar-refractivity contribution is 14.1. The van der Waals surface area contributed by atoms with E-state index >= 15 is 0 Å². The summed E-state index contributed by atoms with van der Waals surface area (Å²) < 4.78 is 9.72. The fourth-order valence-corrected chi connectivity index (χ4v) is 6.59. The molecule has 0 radical (unpaired) electrons. The third-order valence-corrected chi connectivity index (χ3v) is 7.68. The second-order valence-electron chi connectivity index (χ2n) is 6.57. The van der Waals surface area contributed by atoms with Crippen LogP contribution in [0, 0.1) is 7.14 Å².